The van der Waals surface area contributed by atoms with Crippen LogP contribution in [0.25, 0.3) is 0 Å². The van der Waals surface area contributed by atoms with E-state index in [0.717, 1.165) is 24.9 Å². The van der Waals surface area contributed by atoms with Crippen LogP contribution in [-0.2, 0) is 4.74 Å². The lowest BCUT2D eigenvalue weighted by atomic mass is 9.74. The van der Waals surface area contributed by atoms with Gasteiger partial charge in [0.15, 0.2) is 0 Å². The smallest absolute Gasteiger partial charge is 0.0783 e. The fraction of sp³-hybridized carbons (Fsp3) is 1.00. The Balaban J connectivity index is 1.67. The Kier molecular flexibility index (Phi) is 3.44. The van der Waals surface area contributed by atoms with Gasteiger partial charge < -0.3 is 9.84 Å². The summed E-state index contributed by atoms with van der Waals surface area (Å²) in [7, 11) is 0. The van der Waals surface area contributed by atoms with E-state index in [9.17, 15) is 5.11 Å². The molecule has 1 spiro atoms. The van der Waals surface area contributed by atoms with Crippen LogP contribution in [-0.4, -0.2) is 34.9 Å². The summed E-state index contributed by atoms with van der Waals surface area (Å²) in [6.07, 6.45) is 5.92. The van der Waals surface area contributed by atoms with E-state index in [1.807, 2.05) is 0 Å². The van der Waals surface area contributed by atoms with E-state index in [-0.39, 0.29) is 11.7 Å². The molecule has 5 atom stereocenters. The zero-order chi connectivity index (χ0) is 11.9. The highest BCUT2D eigenvalue weighted by Gasteiger charge is 2.45. The van der Waals surface area contributed by atoms with Gasteiger partial charge in [0, 0.05) is 12.4 Å². The first kappa shape index (κ1) is 12.3. The van der Waals surface area contributed by atoms with Gasteiger partial charge in [0.25, 0.3) is 0 Å². The van der Waals surface area contributed by atoms with Gasteiger partial charge in [0.1, 0.15) is 0 Å². The Morgan fingerprint density at radius 3 is 2.82 bits per heavy atom. The molecule has 3 heteroatoms. The highest BCUT2D eigenvalue weighted by molar-refractivity contribution is 7.99. The van der Waals surface area contributed by atoms with E-state index in [1.165, 1.54) is 37.2 Å². The Bertz CT molecular complexity index is 275. The van der Waals surface area contributed by atoms with Crippen LogP contribution < -0.4 is 0 Å². The maximum atomic E-state index is 9.92. The lowest BCUT2D eigenvalue weighted by Crippen LogP contribution is -2.42. The van der Waals surface area contributed by atoms with E-state index in [2.05, 4.69) is 18.7 Å². The molecular weight excluding hydrogens is 232 g/mol. The standard InChI is InChI=1S/C14H24O2S/c1-10-12(2-3-13(10)15)11-4-6-16-14(8-11)5-7-17-9-14/h10-13,15H,2-9H2,1H3. The third-order valence-electron chi connectivity index (χ3n) is 5.28. The molecule has 0 bridgehead atoms. The first-order chi connectivity index (χ1) is 8.20. The monoisotopic (exact) mass is 256 g/mol. The summed E-state index contributed by atoms with van der Waals surface area (Å²) in [6.45, 7) is 3.19. The molecule has 0 aromatic rings. The minimum Gasteiger partial charge on any atom is -0.393 e. The van der Waals surface area contributed by atoms with Gasteiger partial charge in [-0.3, -0.25) is 0 Å². The predicted molar refractivity (Wildman–Crippen MR) is 71.2 cm³/mol. The number of aliphatic hydroxyl groups excluding tert-OH is 1. The Hall–Kier alpha value is 0.270. The zero-order valence-electron chi connectivity index (χ0n) is 10.7. The van der Waals surface area contributed by atoms with Crippen LogP contribution in [0, 0.1) is 17.8 Å². The Labute approximate surface area is 108 Å². The predicted octanol–water partition coefficient (Wildman–Crippen LogP) is 2.70. The molecule has 2 saturated heterocycles. The summed E-state index contributed by atoms with van der Waals surface area (Å²) in [5.41, 5.74) is 0.209. The molecule has 5 unspecified atom stereocenters. The average Bonchev–Trinajstić information content (AvgIpc) is 2.89. The molecule has 17 heavy (non-hydrogen) atoms. The summed E-state index contributed by atoms with van der Waals surface area (Å²) in [6, 6.07) is 0. The lowest BCUT2D eigenvalue weighted by molar-refractivity contribution is -0.0930. The van der Waals surface area contributed by atoms with Crippen molar-refractivity contribution in [3.63, 3.8) is 0 Å². The average molecular weight is 256 g/mol. The molecule has 1 saturated carbocycles. The van der Waals surface area contributed by atoms with E-state index < -0.39 is 0 Å². The summed E-state index contributed by atoms with van der Waals surface area (Å²) in [5.74, 6) is 4.53. The van der Waals surface area contributed by atoms with Crippen LogP contribution in [0.2, 0.25) is 0 Å². The quantitative estimate of drug-likeness (QED) is 0.782. The normalized spacial score (nSPS) is 51.2. The number of hydrogen-bond acceptors (Lipinski definition) is 3. The molecule has 2 aliphatic heterocycles. The molecule has 3 rings (SSSR count). The van der Waals surface area contributed by atoms with Crippen molar-refractivity contribution in [3.8, 4) is 0 Å². The number of hydrogen-bond donors (Lipinski definition) is 1. The topological polar surface area (TPSA) is 29.5 Å². The van der Waals surface area contributed by atoms with Gasteiger partial charge in [-0.05, 0) is 55.6 Å². The van der Waals surface area contributed by atoms with Gasteiger partial charge in [0.2, 0.25) is 0 Å². The van der Waals surface area contributed by atoms with Crippen molar-refractivity contribution >= 4 is 11.8 Å². The van der Waals surface area contributed by atoms with Gasteiger partial charge in [0.05, 0.1) is 11.7 Å². The highest BCUT2D eigenvalue weighted by atomic mass is 32.2. The third kappa shape index (κ3) is 2.26. The fourth-order valence-corrected chi connectivity index (χ4v) is 5.51. The van der Waals surface area contributed by atoms with Crippen molar-refractivity contribution in [2.75, 3.05) is 18.1 Å². The molecule has 3 fully saturated rings. The third-order valence-corrected chi connectivity index (χ3v) is 6.50. The molecule has 2 heterocycles. The van der Waals surface area contributed by atoms with Crippen LogP contribution in [0.4, 0.5) is 0 Å². The summed E-state index contributed by atoms with van der Waals surface area (Å²) in [4.78, 5) is 0. The lowest BCUT2D eigenvalue weighted by Gasteiger charge is -2.41. The molecule has 1 N–H and O–H groups in total. The van der Waals surface area contributed by atoms with Gasteiger partial charge in [-0.25, -0.2) is 0 Å². The van der Waals surface area contributed by atoms with E-state index in [0.29, 0.717) is 5.92 Å². The maximum absolute atomic E-state index is 9.92. The second-order valence-electron chi connectivity index (χ2n) is 6.25. The number of rotatable bonds is 1. The molecule has 0 amide bonds. The van der Waals surface area contributed by atoms with Crippen molar-refractivity contribution < 1.29 is 9.84 Å². The Morgan fingerprint density at radius 2 is 2.18 bits per heavy atom. The van der Waals surface area contributed by atoms with E-state index in [4.69, 9.17) is 4.74 Å². The van der Waals surface area contributed by atoms with Crippen LogP contribution in [0.1, 0.15) is 39.0 Å². The summed E-state index contributed by atoms with van der Waals surface area (Å²) < 4.78 is 6.09. The number of ether oxygens (including phenoxy) is 1. The number of thioether (sulfide) groups is 1. The molecule has 0 aromatic heterocycles. The van der Waals surface area contributed by atoms with Gasteiger partial charge in [-0.1, -0.05) is 6.92 Å². The van der Waals surface area contributed by atoms with Gasteiger partial charge >= 0.3 is 0 Å². The molecule has 0 radical (unpaired) electrons. The molecule has 3 aliphatic rings. The summed E-state index contributed by atoms with van der Waals surface area (Å²) in [5, 5.41) is 9.92. The zero-order valence-corrected chi connectivity index (χ0v) is 11.5. The van der Waals surface area contributed by atoms with Crippen molar-refractivity contribution in [3.05, 3.63) is 0 Å². The van der Waals surface area contributed by atoms with Crippen molar-refractivity contribution in [2.45, 2.75) is 50.7 Å². The summed E-state index contributed by atoms with van der Waals surface area (Å²) >= 11 is 2.05. The molecule has 0 aromatic carbocycles. The SMILES string of the molecule is CC1C(O)CCC1C1CCOC2(CCSC2)C1. The van der Waals surface area contributed by atoms with Crippen LogP contribution in [0.5, 0.6) is 0 Å². The van der Waals surface area contributed by atoms with Crippen LogP contribution in [0.3, 0.4) is 0 Å². The minimum atomic E-state index is -0.0447. The maximum Gasteiger partial charge on any atom is 0.0783 e. The van der Waals surface area contributed by atoms with Crippen LogP contribution in [0.15, 0.2) is 0 Å². The first-order valence-electron chi connectivity index (χ1n) is 7.10. The van der Waals surface area contributed by atoms with Gasteiger partial charge in [-0.15, -0.1) is 0 Å². The van der Waals surface area contributed by atoms with Crippen molar-refractivity contribution in [1.82, 2.24) is 0 Å². The number of aliphatic hydroxyl groups is 1. The second kappa shape index (κ2) is 4.75. The van der Waals surface area contributed by atoms with E-state index >= 15 is 0 Å². The van der Waals surface area contributed by atoms with E-state index in [1.54, 1.807) is 0 Å². The van der Waals surface area contributed by atoms with Crippen molar-refractivity contribution in [1.29, 1.82) is 0 Å². The minimum absolute atomic E-state index is 0.0447. The Morgan fingerprint density at radius 1 is 1.29 bits per heavy atom. The fourth-order valence-electron chi connectivity index (χ4n) is 4.13. The molecular formula is C14H24O2S. The van der Waals surface area contributed by atoms with Crippen molar-refractivity contribution in [2.24, 2.45) is 17.8 Å². The molecule has 98 valence electrons. The van der Waals surface area contributed by atoms with Gasteiger partial charge in [-0.2, -0.15) is 11.8 Å². The molecule has 1 aliphatic carbocycles. The largest absolute Gasteiger partial charge is 0.393 e. The highest BCUT2D eigenvalue weighted by Crippen LogP contribution is 2.47. The first-order valence-corrected chi connectivity index (χ1v) is 8.25. The molecule has 2 nitrogen and oxygen atoms in total. The van der Waals surface area contributed by atoms with Crippen LogP contribution >= 0.6 is 11.8 Å². The second-order valence-corrected chi connectivity index (χ2v) is 7.36.